The third-order valence-corrected chi connectivity index (χ3v) is 1.47. The molecule has 1 aliphatic heterocycles. The van der Waals surface area contributed by atoms with Crippen LogP contribution < -0.4 is 0 Å². The van der Waals surface area contributed by atoms with Crippen molar-refractivity contribution in [3.8, 4) is 0 Å². The Hall–Kier alpha value is -0.990. The molecule has 1 heterocycles. The highest BCUT2D eigenvalue weighted by atomic mass is 16.6. The average Bonchev–Trinajstić information content (AvgIpc) is 2.74. The van der Waals surface area contributed by atoms with Crippen LogP contribution in [0.25, 0.3) is 0 Å². The summed E-state index contributed by atoms with van der Waals surface area (Å²) in [6, 6.07) is 0. The Morgan fingerprint density at radius 3 is 1.75 bits per heavy atom. The van der Waals surface area contributed by atoms with Crippen molar-refractivity contribution in [3.63, 3.8) is 0 Å². The maximum Gasteiger partial charge on any atom is 0.410 e. The summed E-state index contributed by atoms with van der Waals surface area (Å²) < 4.78 is 5.17. The summed E-state index contributed by atoms with van der Waals surface area (Å²) in [5, 5.41) is 0. The van der Waals surface area contributed by atoms with E-state index in [9.17, 15) is 4.79 Å². The Kier molecular flexibility index (Phi) is 10.1. The zero-order chi connectivity index (χ0) is 13.2. The molecule has 16 heavy (non-hydrogen) atoms. The van der Waals surface area contributed by atoms with E-state index in [4.69, 9.17) is 4.74 Å². The highest BCUT2D eigenvalue weighted by molar-refractivity contribution is 5.69. The average molecular weight is 229 g/mol. The fourth-order valence-corrected chi connectivity index (χ4v) is 0.954. The van der Waals surface area contributed by atoms with Gasteiger partial charge in [0.05, 0.1) is 0 Å². The molecule has 0 N–H and O–H groups in total. The highest BCUT2D eigenvalue weighted by Gasteiger charge is 2.21. The van der Waals surface area contributed by atoms with Crippen LogP contribution in [-0.2, 0) is 4.74 Å². The lowest BCUT2D eigenvalue weighted by molar-refractivity contribution is 0.0304. The van der Waals surface area contributed by atoms with Gasteiger partial charge in [0.15, 0.2) is 0 Å². The van der Waals surface area contributed by atoms with Gasteiger partial charge < -0.3 is 9.64 Å². The minimum Gasteiger partial charge on any atom is -0.444 e. The van der Waals surface area contributed by atoms with Crippen molar-refractivity contribution in [3.05, 3.63) is 12.2 Å². The van der Waals surface area contributed by atoms with Crippen molar-refractivity contribution < 1.29 is 9.53 Å². The van der Waals surface area contributed by atoms with Crippen LogP contribution in [0.3, 0.4) is 0 Å². The topological polar surface area (TPSA) is 29.5 Å². The quantitative estimate of drug-likeness (QED) is 0.590. The van der Waals surface area contributed by atoms with Gasteiger partial charge in [-0.2, -0.15) is 0 Å². The maximum atomic E-state index is 11.3. The predicted molar refractivity (Wildman–Crippen MR) is 69.6 cm³/mol. The molecule has 0 aliphatic carbocycles. The summed E-state index contributed by atoms with van der Waals surface area (Å²) in [7, 11) is 0. The van der Waals surface area contributed by atoms with Crippen LogP contribution in [0.1, 0.15) is 48.5 Å². The molecular weight excluding hydrogens is 202 g/mol. The lowest BCUT2D eigenvalue weighted by atomic mass is 10.2. The summed E-state index contributed by atoms with van der Waals surface area (Å²) in [6.07, 6.45) is 3.70. The molecule has 1 amide bonds. The fourth-order valence-electron chi connectivity index (χ4n) is 0.954. The molecule has 0 spiro atoms. The number of hydrogen-bond acceptors (Lipinski definition) is 2. The lowest BCUT2D eigenvalue weighted by Gasteiger charge is -2.23. The van der Waals surface area contributed by atoms with Crippen molar-refractivity contribution in [2.45, 2.75) is 54.1 Å². The first-order chi connectivity index (χ1) is 7.49. The third-order valence-electron chi connectivity index (χ3n) is 1.47. The predicted octanol–water partition coefficient (Wildman–Crippen LogP) is 3.85. The van der Waals surface area contributed by atoms with E-state index < -0.39 is 0 Å². The minimum atomic E-state index is -0.389. The van der Waals surface area contributed by atoms with Crippen LogP contribution >= 0.6 is 0 Å². The zero-order valence-corrected chi connectivity index (χ0v) is 11.8. The molecule has 0 aromatic heterocycles. The van der Waals surface area contributed by atoms with Gasteiger partial charge in [0, 0.05) is 13.1 Å². The number of rotatable bonds is 0. The van der Waals surface area contributed by atoms with Gasteiger partial charge in [-0.1, -0.05) is 39.8 Å². The molecule has 3 nitrogen and oxygen atoms in total. The molecule has 1 aliphatic rings. The molecule has 0 fully saturated rings. The molecule has 0 unspecified atom stereocenters. The lowest BCUT2D eigenvalue weighted by Crippen LogP contribution is -2.35. The molecule has 0 bridgehead atoms. The number of carbonyl (C=O) groups is 1. The Balaban J connectivity index is 0. The normalized spacial score (nSPS) is 13.3. The SMILES string of the molecule is CC.CC.CC(C)(C)OC(=O)N1CC=CC1. The number of hydrogen-bond donors (Lipinski definition) is 0. The van der Waals surface area contributed by atoms with E-state index in [1.807, 2.05) is 60.6 Å². The standard InChI is InChI=1S/C9H15NO2.2C2H6/c1-9(2,3)12-8(11)10-6-4-5-7-10;2*1-2/h4-5H,6-7H2,1-3H3;2*1-2H3. The van der Waals surface area contributed by atoms with Crippen molar-refractivity contribution in [2.75, 3.05) is 13.1 Å². The van der Waals surface area contributed by atoms with Crippen LogP contribution in [0.2, 0.25) is 0 Å². The molecule has 0 aromatic rings. The van der Waals surface area contributed by atoms with E-state index in [2.05, 4.69) is 0 Å². The van der Waals surface area contributed by atoms with E-state index in [1.165, 1.54) is 0 Å². The summed E-state index contributed by atoms with van der Waals surface area (Å²) >= 11 is 0. The van der Waals surface area contributed by atoms with Crippen LogP contribution in [0.5, 0.6) is 0 Å². The number of nitrogens with zero attached hydrogens (tertiary/aromatic N) is 1. The summed E-state index contributed by atoms with van der Waals surface area (Å²) in [4.78, 5) is 13.0. The highest BCUT2D eigenvalue weighted by Crippen LogP contribution is 2.11. The van der Waals surface area contributed by atoms with Crippen molar-refractivity contribution >= 4 is 6.09 Å². The minimum absolute atomic E-state index is 0.229. The Morgan fingerprint density at radius 1 is 1.06 bits per heavy atom. The molecule has 0 radical (unpaired) electrons. The molecule has 1 rings (SSSR count). The number of carbonyl (C=O) groups excluding carboxylic acids is 1. The summed E-state index contributed by atoms with van der Waals surface area (Å²) in [6.45, 7) is 15.0. The molecule has 0 atom stereocenters. The van der Waals surface area contributed by atoms with Gasteiger partial charge in [-0.25, -0.2) is 4.79 Å². The molecule has 96 valence electrons. The van der Waals surface area contributed by atoms with E-state index in [1.54, 1.807) is 4.90 Å². The van der Waals surface area contributed by atoms with Crippen molar-refractivity contribution in [2.24, 2.45) is 0 Å². The van der Waals surface area contributed by atoms with Crippen LogP contribution in [0, 0.1) is 0 Å². The van der Waals surface area contributed by atoms with Gasteiger partial charge in [-0.05, 0) is 20.8 Å². The zero-order valence-electron chi connectivity index (χ0n) is 11.8. The smallest absolute Gasteiger partial charge is 0.410 e. The molecule has 0 aromatic carbocycles. The van der Waals surface area contributed by atoms with Crippen LogP contribution in [0.15, 0.2) is 12.2 Å². The molecule has 0 saturated carbocycles. The van der Waals surface area contributed by atoms with E-state index in [0.29, 0.717) is 13.1 Å². The summed E-state index contributed by atoms with van der Waals surface area (Å²) in [5.41, 5.74) is -0.389. The Morgan fingerprint density at radius 2 is 1.44 bits per heavy atom. The second-order valence-electron chi connectivity index (χ2n) is 3.86. The first-order valence-corrected chi connectivity index (χ1v) is 6.12. The molecule has 3 heteroatoms. The van der Waals surface area contributed by atoms with Gasteiger partial charge in [0.2, 0.25) is 0 Å². The van der Waals surface area contributed by atoms with E-state index >= 15 is 0 Å². The molecular formula is C13H27NO2. The molecule has 0 saturated heterocycles. The Labute approximate surface area is 100 Å². The first-order valence-electron chi connectivity index (χ1n) is 6.12. The second-order valence-corrected chi connectivity index (χ2v) is 3.86. The number of amides is 1. The Bertz CT molecular complexity index is 196. The fraction of sp³-hybridized carbons (Fsp3) is 0.769. The van der Waals surface area contributed by atoms with Crippen LogP contribution in [-0.4, -0.2) is 29.7 Å². The van der Waals surface area contributed by atoms with Crippen LogP contribution in [0.4, 0.5) is 4.79 Å². The maximum absolute atomic E-state index is 11.3. The first kappa shape index (κ1) is 17.4. The van der Waals surface area contributed by atoms with Gasteiger partial charge in [0.25, 0.3) is 0 Å². The van der Waals surface area contributed by atoms with Gasteiger partial charge in [-0.3, -0.25) is 0 Å². The monoisotopic (exact) mass is 229 g/mol. The summed E-state index contributed by atoms with van der Waals surface area (Å²) in [5.74, 6) is 0. The second kappa shape index (κ2) is 9.25. The van der Waals surface area contributed by atoms with Gasteiger partial charge in [0.1, 0.15) is 5.60 Å². The van der Waals surface area contributed by atoms with Crippen molar-refractivity contribution in [1.82, 2.24) is 4.90 Å². The van der Waals surface area contributed by atoms with Gasteiger partial charge in [-0.15, -0.1) is 0 Å². The largest absolute Gasteiger partial charge is 0.444 e. The number of ether oxygens (including phenoxy) is 1. The van der Waals surface area contributed by atoms with E-state index in [-0.39, 0.29) is 11.7 Å². The van der Waals surface area contributed by atoms with E-state index in [0.717, 1.165) is 0 Å². The van der Waals surface area contributed by atoms with Gasteiger partial charge >= 0.3 is 6.09 Å². The third kappa shape index (κ3) is 8.33. The van der Waals surface area contributed by atoms with Crippen molar-refractivity contribution in [1.29, 1.82) is 0 Å².